The number of anilines is 2. The summed E-state index contributed by atoms with van der Waals surface area (Å²) in [6, 6.07) is 1.96. The van der Waals surface area contributed by atoms with Crippen LogP contribution in [0.25, 0.3) is 0 Å². The Bertz CT molecular complexity index is 620. The number of ether oxygens (including phenoxy) is 1. The largest absolute Gasteiger partial charge is 0.482 e. The molecule has 28 heavy (non-hydrogen) atoms. The van der Waals surface area contributed by atoms with E-state index in [4.69, 9.17) is 15.6 Å². The van der Waals surface area contributed by atoms with Crippen LogP contribution in [0.15, 0.2) is 12.3 Å². The maximum absolute atomic E-state index is 8.37. The zero-order chi connectivity index (χ0) is 21.4. The van der Waals surface area contributed by atoms with Crippen LogP contribution in [-0.2, 0) is 13.7 Å². The number of nitrogens with two attached hydrogens (primary N) is 1. The van der Waals surface area contributed by atoms with Gasteiger partial charge in [0, 0.05) is 26.4 Å². The van der Waals surface area contributed by atoms with Gasteiger partial charge in [0.1, 0.15) is 12.3 Å². The van der Waals surface area contributed by atoms with Crippen LogP contribution in [0.4, 0.5) is 11.8 Å². The van der Waals surface area contributed by atoms with Crippen molar-refractivity contribution in [3.8, 4) is 5.75 Å². The predicted molar refractivity (Wildman–Crippen MR) is 115 cm³/mol. The van der Waals surface area contributed by atoms with Crippen LogP contribution in [0.5, 0.6) is 5.75 Å². The fourth-order valence-electron chi connectivity index (χ4n) is 2.19. The number of aryl methyl sites for hydroxylation is 2. The molecule has 4 N–H and O–H groups in total. The van der Waals surface area contributed by atoms with E-state index < -0.39 is 0 Å². The summed E-state index contributed by atoms with van der Waals surface area (Å²) >= 11 is 0. The average Bonchev–Trinajstić information content (AvgIpc) is 3.04. The number of nitrogen functional groups attached to an aromatic ring is 1. The molecule has 0 aromatic carbocycles. The molecule has 0 spiro atoms. The Kier molecular flexibility index (Phi) is 14.4. The third kappa shape index (κ3) is 10.1. The molecule has 0 atom stereocenters. The van der Waals surface area contributed by atoms with Crippen LogP contribution in [0, 0.1) is 6.92 Å². The van der Waals surface area contributed by atoms with Gasteiger partial charge >= 0.3 is 0 Å². The van der Waals surface area contributed by atoms with E-state index in [1.165, 1.54) is 25.7 Å². The zero-order valence-electron chi connectivity index (χ0n) is 18.3. The first-order chi connectivity index (χ1) is 13.5. The molecule has 0 bridgehead atoms. The molecule has 0 unspecified atom stereocenters. The van der Waals surface area contributed by atoms with Gasteiger partial charge in [-0.05, 0) is 19.4 Å². The number of hydrogen-bond acceptors (Lipinski definition) is 7. The summed E-state index contributed by atoms with van der Waals surface area (Å²) in [6.07, 6.45) is 7.62. The zero-order valence-corrected chi connectivity index (χ0v) is 18.3. The minimum atomic E-state index is 0.307. The van der Waals surface area contributed by atoms with Gasteiger partial charge in [0.05, 0.1) is 6.20 Å². The summed E-state index contributed by atoms with van der Waals surface area (Å²) in [7, 11) is 3.62. The van der Waals surface area contributed by atoms with Gasteiger partial charge in [0.2, 0.25) is 5.95 Å². The van der Waals surface area contributed by atoms with Gasteiger partial charge in [0.25, 0.3) is 0 Å². The Hall–Kier alpha value is -2.35. The Balaban J connectivity index is 0.000000618. The van der Waals surface area contributed by atoms with E-state index >= 15 is 0 Å². The average molecular weight is 395 g/mol. The van der Waals surface area contributed by atoms with Crippen LogP contribution in [0.2, 0.25) is 0 Å². The maximum Gasteiger partial charge on any atom is 0.224 e. The Morgan fingerprint density at radius 2 is 1.89 bits per heavy atom. The molecule has 0 saturated heterocycles. The van der Waals surface area contributed by atoms with Crippen LogP contribution in [0.1, 0.15) is 64.3 Å². The standard InChI is InChI=1S/C11H16N6O.C7H16O.C2H6/c1-7-4-8(16-17(7)3)6-18-9-5-14-11(13-2)15-10(9)12;1-2-3-4-5-6-7-8;1-2/h4-5H,6H2,1-3H3,(H3,12,13,14,15);8H,2-7H2,1H3;1-2H3. The molecule has 0 aliphatic rings. The Labute approximate surface area is 169 Å². The number of nitrogens with one attached hydrogen (secondary N) is 1. The molecule has 8 nitrogen and oxygen atoms in total. The van der Waals surface area contributed by atoms with Crippen LogP contribution in [0.3, 0.4) is 0 Å². The van der Waals surface area contributed by atoms with E-state index in [9.17, 15) is 0 Å². The summed E-state index contributed by atoms with van der Waals surface area (Å²) in [5, 5.41) is 15.5. The highest BCUT2D eigenvalue weighted by atomic mass is 16.5. The molecular weight excluding hydrogens is 356 g/mol. The van der Waals surface area contributed by atoms with Gasteiger partial charge < -0.3 is 20.9 Å². The van der Waals surface area contributed by atoms with E-state index in [0.29, 0.717) is 30.7 Å². The van der Waals surface area contributed by atoms with E-state index in [-0.39, 0.29) is 0 Å². The van der Waals surface area contributed by atoms with Gasteiger partial charge in [-0.25, -0.2) is 4.98 Å². The molecule has 0 amide bonds. The molecule has 0 saturated carbocycles. The van der Waals surface area contributed by atoms with Crippen LogP contribution >= 0.6 is 0 Å². The normalized spacial score (nSPS) is 9.68. The van der Waals surface area contributed by atoms with Crippen molar-refractivity contribution in [1.29, 1.82) is 0 Å². The third-order valence-corrected chi connectivity index (χ3v) is 3.81. The number of hydrogen-bond donors (Lipinski definition) is 3. The van der Waals surface area contributed by atoms with Crippen LogP contribution < -0.4 is 15.8 Å². The molecule has 2 heterocycles. The summed E-state index contributed by atoms with van der Waals surface area (Å²) in [5.74, 6) is 1.23. The fourth-order valence-corrected chi connectivity index (χ4v) is 2.19. The summed E-state index contributed by atoms with van der Waals surface area (Å²) in [4.78, 5) is 8.07. The topological polar surface area (TPSA) is 111 Å². The minimum Gasteiger partial charge on any atom is -0.482 e. The van der Waals surface area contributed by atoms with Crippen molar-refractivity contribution in [2.75, 3.05) is 24.7 Å². The van der Waals surface area contributed by atoms with Crippen molar-refractivity contribution in [2.45, 2.75) is 66.4 Å². The van der Waals surface area contributed by atoms with Gasteiger partial charge in [-0.3, -0.25) is 4.68 Å². The van der Waals surface area contributed by atoms with Gasteiger partial charge in [-0.1, -0.05) is 46.5 Å². The van der Waals surface area contributed by atoms with Crippen molar-refractivity contribution >= 4 is 11.8 Å². The number of aromatic nitrogens is 4. The van der Waals surface area contributed by atoms with Crippen molar-refractivity contribution in [1.82, 2.24) is 19.7 Å². The molecular formula is C20H38N6O2. The van der Waals surface area contributed by atoms with E-state index in [0.717, 1.165) is 17.8 Å². The van der Waals surface area contributed by atoms with Crippen molar-refractivity contribution in [2.24, 2.45) is 7.05 Å². The van der Waals surface area contributed by atoms with E-state index in [1.807, 2.05) is 33.9 Å². The number of aliphatic hydroxyl groups excluding tert-OH is 1. The lowest BCUT2D eigenvalue weighted by Gasteiger charge is -2.07. The van der Waals surface area contributed by atoms with Gasteiger partial charge in [-0.15, -0.1) is 0 Å². The lowest BCUT2D eigenvalue weighted by atomic mass is 10.2. The highest BCUT2D eigenvalue weighted by molar-refractivity contribution is 5.47. The lowest BCUT2D eigenvalue weighted by molar-refractivity contribution is 0.282. The highest BCUT2D eigenvalue weighted by Gasteiger charge is 2.07. The van der Waals surface area contributed by atoms with Gasteiger partial charge in [-0.2, -0.15) is 10.1 Å². The molecule has 8 heteroatoms. The second-order valence-corrected chi connectivity index (χ2v) is 6.02. The van der Waals surface area contributed by atoms with Crippen molar-refractivity contribution in [3.63, 3.8) is 0 Å². The van der Waals surface area contributed by atoms with Crippen LogP contribution in [-0.4, -0.2) is 38.5 Å². The summed E-state index contributed by atoms with van der Waals surface area (Å²) < 4.78 is 7.33. The predicted octanol–water partition coefficient (Wildman–Crippen LogP) is 3.70. The number of rotatable bonds is 9. The SMILES string of the molecule is CC.CCCCCCCO.CNc1ncc(OCc2cc(C)n(C)n2)c(N)n1. The Morgan fingerprint density at radius 1 is 1.21 bits per heavy atom. The molecule has 2 rings (SSSR count). The monoisotopic (exact) mass is 394 g/mol. The molecule has 2 aromatic heterocycles. The third-order valence-electron chi connectivity index (χ3n) is 3.81. The molecule has 0 radical (unpaired) electrons. The first-order valence-electron chi connectivity index (χ1n) is 10.0. The second-order valence-electron chi connectivity index (χ2n) is 6.02. The number of nitrogens with zero attached hydrogens (tertiary/aromatic N) is 4. The Morgan fingerprint density at radius 3 is 2.39 bits per heavy atom. The summed E-state index contributed by atoms with van der Waals surface area (Å²) in [6.45, 7) is 8.88. The number of unbranched alkanes of at least 4 members (excludes halogenated alkanes) is 4. The van der Waals surface area contributed by atoms with E-state index in [1.54, 1.807) is 17.9 Å². The smallest absolute Gasteiger partial charge is 0.224 e. The van der Waals surface area contributed by atoms with E-state index in [2.05, 4.69) is 27.3 Å². The second kappa shape index (κ2) is 15.7. The molecule has 0 aliphatic heterocycles. The molecule has 0 aliphatic carbocycles. The minimum absolute atomic E-state index is 0.307. The molecule has 160 valence electrons. The lowest BCUT2D eigenvalue weighted by Crippen LogP contribution is -2.05. The molecule has 2 aromatic rings. The first kappa shape index (κ1) is 25.6. The maximum atomic E-state index is 8.37. The fraction of sp³-hybridized carbons (Fsp3) is 0.650. The summed E-state index contributed by atoms with van der Waals surface area (Å²) in [5.41, 5.74) is 7.67. The quantitative estimate of drug-likeness (QED) is 0.556. The highest BCUT2D eigenvalue weighted by Crippen LogP contribution is 2.19. The van der Waals surface area contributed by atoms with Gasteiger partial charge in [0.15, 0.2) is 11.6 Å². The first-order valence-corrected chi connectivity index (χ1v) is 10.0. The number of aliphatic hydroxyl groups is 1. The molecule has 0 fully saturated rings. The van der Waals surface area contributed by atoms with Crippen molar-refractivity contribution in [3.05, 3.63) is 23.7 Å². The van der Waals surface area contributed by atoms with Crippen molar-refractivity contribution < 1.29 is 9.84 Å².